The molecule has 1 unspecified atom stereocenters. The normalized spacial score (nSPS) is 11.7. The maximum atomic E-state index is 12.2. The molecule has 150 valence electrons. The summed E-state index contributed by atoms with van der Waals surface area (Å²) in [5, 5.41) is 15.0. The van der Waals surface area contributed by atoms with Crippen LogP contribution in [0, 0.1) is 13.8 Å². The molecule has 1 atom stereocenters. The summed E-state index contributed by atoms with van der Waals surface area (Å²) in [6.45, 7) is 4.21. The van der Waals surface area contributed by atoms with Gasteiger partial charge < -0.3 is 21.5 Å². The molecular formula is C22H29N3O3. The molecule has 0 spiro atoms. The fourth-order valence-electron chi connectivity index (χ4n) is 3.13. The van der Waals surface area contributed by atoms with Gasteiger partial charge in [0, 0.05) is 6.54 Å². The fraction of sp³-hybridized carbons (Fsp3) is 0.364. The predicted molar refractivity (Wildman–Crippen MR) is 110 cm³/mol. The topological polar surface area (TPSA) is 104 Å². The number of phenolic OH excluding ortho intramolecular Hbond substituents is 1. The quantitative estimate of drug-likeness (QED) is 0.495. The Kier molecular flexibility index (Phi) is 8.02. The van der Waals surface area contributed by atoms with Crippen molar-refractivity contribution in [3.05, 3.63) is 64.7 Å². The molecule has 0 aliphatic heterocycles. The van der Waals surface area contributed by atoms with Crippen LogP contribution < -0.4 is 16.4 Å². The molecule has 28 heavy (non-hydrogen) atoms. The van der Waals surface area contributed by atoms with Crippen molar-refractivity contribution in [3.8, 4) is 5.75 Å². The van der Waals surface area contributed by atoms with Crippen LogP contribution in [0.15, 0.2) is 42.5 Å². The van der Waals surface area contributed by atoms with E-state index in [4.69, 9.17) is 5.73 Å². The standard InChI is InChI=1S/C22H29N3O3/c1-15-11-18(26)12-16(2)19(15)13-20(23)22(28)25-14-21(27)24-10-6-9-17-7-4-3-5-8-17/h3-5,7-8,11-12,20,26H,6,9-10,13-14,23H2,1-2H3,(H,24,27)(H,25,28). The van der Waals surface area contributed by atoms with Gasteiger partial charge in [-0.05, 0) is 67.5 Å². The minimum Gasteiger partial charge on any atom is -0.508 e. The van der Waals surface area contributed by atoms with Crippen LogP contribution in [0.25, 0.3) is 0 Å². The van der Waals surface area contributed by atoms with Crippen molar-refractivity contribution in [2.45, 2.75) is 39.2 Å². The van der Waals surface area contributed by atoms with E-state index in [9.17, 15) is 14.7 Å². The zero-order valence-corrected chi connectivity index (χ0v) is 16.5. The Morgan fingerprint density at radius 3 is 2.36 bits per heavy atom. The van der Waals surface area contributed by atoms with Crippen molar-refractivity contribution in [1.82, 2.24) is 10.6 Å². The summed E-state index contributed by atoms with van der Waals surface area (Å²) < 4.78 is 0. The Bertz CT molecular complexity index is 783. The van der Waals surface area contributed by atoms with Crippen LogP contribution >= 0.6 is 0 Å². The number of benzene rings is 2. The first-order valence-electron chi connectivity index (χ1n) is 9.50. The van der Waals surface area contributed by atoms with E-state index in [0.717, 1.165) is 29.5 Å². The molecule has 0 heterocycles. The van der Waals surface area contributed by atoms with Crippen LogP contribution in [-0.2, 0) is 22.4 Å². The first-order chi connectivity index (χ1) is 13.4. The van der Waals surface area contributed by atoms with Gasteiger partial charge >= 0.3 is 0 Å². The van der Waals surface area contributed by atoms with E-state index in [1.807, 2.05) is 32.0 Å². The van der Waals surface area contributed by atoms with Gasteiger partial charge in [0.05, 0.1) is 12.6 Å². The van der Waals surface area contributed by atoms with Gasteiger partial charge in [0.15, 0.2) is 0 Å². The van der Waals surface area contributed by atoms with Crippen LogP contribution in [0.5, 0.6) is 5.75 Å². The van der Waals surface area contributed by atoms with Gasteiger partial charge in [-0.3, -0.25) is 9.59 Å². The SMILES string of the molecule is Cc1cc(O)cc(C)c1CC(N)C(=O)NCC(=O)NCCCc1ccccc1. The molecule has 0 aromatic heterocycles. The van der Waals surface area contributed by atoms with E-state index in [1.54, 1.807) is 12.1 Å². The molecule has 2 amide bonds. The highest BCUT2D eigenvalue weighted by atomic mass is 16.3. The minimum absolute atomic E-state index is 0.0919. The molecule has 0 fully saturated rings. The maximum absolute atomic E-state index is 12.2. The third kappa shape index (κ3) is 6.70. The predicted octanol–water partition coefficient (Wildman–Crippen LogP) is 1.74. The summed E-state index contributed by atoms with van der Waals surface area (Å²) in [6.07, 6.45) is 2.08. The van der Waals surface area contributed by atoms with Crippen molar-refractivity contribution in [2.75, 3.05) is 13.1 Å². The third-order valence-electron chi connectivity index (χ3n) is 4.67. The van der Waals surface area contributed by atoms with Gasteiger partial charge in [-0.2, -0.15) is 0 Å². The number of nitrogens with one attached hydrogen (secondary N) is 2. The number of phenols is 1. The van der Waals surface area contributed by atoms with Crippen molar-refractivity contribution in [1.29, 1.82) is 0 Å². The van der Waals surface area contributed by atoms with Gasteiger partial charge in [-0.15, -0.1) is 0 Å². The molecule has 0 radical (unpaired) electrons. The third-order valence-corrected chi connectivity index (χ3v) is 4.67. The van der Waals surface area contributed by atoms with Crippen LogP contribution in [-0.4, -0.2) is 36.1 Å². The molecule has 0 aliphatic rings. The molecule has 0 aliphatic carbocycles. The lowest BCUT2D eigenvalue weighted by Crippen LogP contribution is -2.46. The second kappa shape index (κ2) is 10.5. The zero-order valence-electron chi connectivity index (χ0n) is 16.5. The number of aromatic hydroxyl groups is 1. The van der Waals surface area contributed by atoms with Crippen molar-refractivity contribution in [3.63, 3.8) is 0 Å². The van der Waals surface area contributed by atoms with Gasteiger partial charge in [0.2, 0.25) is 11.8 Å². The summed E-state index contributed by atoms with van der Waals surface area (Å²) in [5.41, 5.74) is 9.93. The number of hydrogen-bond donors (Lipinski definition) is 4. The molecule has 2 aromatic rings. The van der Waals surface area contributed by atoms with E-state index in [1.165, 1.54) is 5.56 Å². The van der Waals surface area contributed by atoms with Crippen LogP contribution in [0.2, 0.25) is 0 Å². The molecule has 2 aromatic carbocycles. The molecule has 0 bridgehead atoms. The lowest BCUT2D eigenvalue weighted by Gasteiger charge is -2.16. The first kappa shape index (κ1) is 21.4. The molecule has 6 nitrogen and oxygen atoms in total. The minimum atomic E-state index is -0.757. The van der Waals surface area contributed by atoms with Gasteiger partial charge in [0.1, 0.15) is 5.75 Å². The van der Waals surface area contributed by atoms with Crippen molar-refractivity contribution in [2.24, 2.45) is 5.73 Å². The maximum Gasteiger partial charge on any atom is 0.239 e. The molecule has 2 rings (SSSR count). The molecule has 5 N–H and O–H groups in total. The lowest BCUT2D eigenvalue weighted by molar-refractivity contribution is -0.126. The van der Waals surface area contributed by atoms with E-state index in [2.05, 4.69) is 22.8 Å². The number of amides is 2. The second-order valence-corrected chi connectivity index (χ2v) is 7.03. The van der Waals surface area contributed by atoms with Crippen molar-refractivity contribution < 1.29 is 14.7 Å². The summed E-state index contributed by atoms with van der Waals surface area (Å²) in [7, 11) is 0. The Morgan fingerprint density at radius 1 is 1.07 bits per heavy atom. The van der Waals surface area contributed by atoms with E-state index in [-0.39, 0.29) is 24.1 Å². The Balaban J connectivity index is 1.70. The smallest absolute Gasteiger partial charge is 0.239 e. The average molecular weight is 383 g/mol. The van der Waals surface area contributed by atoms with E-state index >= 15 is 0 Å². The fourth-order valence-corrected chi connectivity index (χ4v) is 3.13. The Hall–Kier alpha value is -2.86. The molecular weight excluding hydrogens is 354 g/mol. The largest absolute Gasteiger partial charge is 0.508 e. The average Bonchev–Trinajstić information content (AvgIpc) is 2.66. The summed E-state index contributed by atoms with van der Waals surface area (Å²) in [6, 6.07) is 12.6. The number of carbonyl (C=O) groups excluding carboxylic acids is 2. The number of rotatable bonds is 9. The van der Waals surface area contributed by atoms with E-state index < -0.39 is 6.04 Å². The highest BCUT2D eigenvalue weighted by Gasteiger charge is 2.17. The lowest BCUT2D eigenvalue weighted by atomic mass is 9.96. The highest BCUT2D eigenvalue weighted by molar-refractivity contribution is 5.87. The summed E-state index contributed by atoms with van der Waals surface area (Å²) in [5.74, 6) is -0.405. The second-order valence-electron chi connectivity index (χ2n) is 7.03. The Morgan fingerprint density at radius 2 is 1.71 bits per heavy atom. The van der Waals surface area contributed by atoms with Crippen LogP contribution in [0.1, 0.15) is 28.7 Å². The number of hydrogen-bond acceptors (Lipinski definition) is 4. The number of carbonyl (C=O) groups is 2. The molecule has 0 saturated carbocycles. The monoisotopic (exact) mass is 383 g/mol. The summed E-state index contributed by atoms with van der Waals surface area (Å²) >= 11 is 0. The summed E-state index contributed by atoms with van der Waals surface area (Å²) in [4.78, 5) is 24.1. The first-order valence-corrected chi connectivity index (χ1v) is 9.50. The van der Waals surface area contributed by atoms with E-state index in [0.29, 0.717) is 13.0 Å². The van der Waals surface area contributed by atoms with Crippen molar-refractivity contribution >= 4 is 11.8 Å². The zero-order chi connectivity index (χ0) is 20.5. The van der Waals surface area contributed by atoms with Gasteiger partial charge in [-0.25, -0.2) is 0 Å². The molecule has 6 heteroatoms. The number of nitrogens with two attached hydrogens (primary N) is 1. The Labute approximate surface area is 166 Å². The van der Waals surface area contributed by atoms with Crippen LogP contribution in [0.4, 0.5) is 0 Å². The van der Waals surface area contributed by atoms with Crippen LogP contribution in [0.3, 0.4) is 0 Å². The number of aryl methyl sites for hydroxylation is 3. The van der Waals surface area contributed by atoms with Gasteiger partial charge in [0.25, 0.3) is 0 Å². The van der Waals surface area contributed by atoms with Gasteiger partial charge in [-0.1, -0.05) is 30.3 Å². The molecule has 0 saturated heterocycles. The highest BCUT2D eigenvalue weighted by Crippen LogP contribution is 2.21.